The van der Waals surface area contributed by atoms with Crippen molar-refractivity contribution in [1.82, 2.24) is 10.0 Å². The molecule has 3 aromatic carbocycles. The van der Waals surface area contributed by atoms with Crippen LogP contribution in [0.3, 0.4) is 0 Å². The van der Waals surface area contributed by atoms with E-state index in [1.165, 1.54) is 11.8 Å². The first-order chi connectivity index (χ1) is 15.2. The molecule has 0 aromatic heterocycles. The van der Waals surface area contributed by atoms with Gasteiger partial charge in [0, 0.05) is 17.0 Å². The number of amides is 1. The standard InChI is InChI=1S/C25H28N2O3S2/c1-25(2,3)27-32(29,30)22-17-11-10-14-20(22)18-26-24(28)23(19-12-6-4-7-13-19)31-21-15-8-5-9-16-21/h4-17,23,27H,18H2,1-3H3,(H,26,28). The van der Waals surface area contributed by atoms with Gasteiger partial charge in [0.05, 0.1) is 4.90 Å². The largest absolute Gasteiger partial charge is 0.351 e. The van der Waals surface area contributed by atoms with Gasteiger partial charge in [-0.25, -0.2) is 13.1 Å². The molecule has 168 valence electrons. The Morgan fingerprint density at radius 2 is 1.44 bits per heavy atom. The van der Waals surface area contributed by atoms with Crippen molar-refractivity contribution in [3.05, 3.63) is 96.1 Å². The minimum atomic E-state index is -3.72. The summed E-state index contributed by atoms with van der Waals surface area (Å²) < 4.78 is 28.4. The molecule has 0 aliphatic heterocycles. The number of carbonyl (C=O) groups is 1. The topological polar surface area (TPSA) is 75.3 Å². The van der Waals surface area contributed by atoms with E-state index in [0.29, 0.717) is 5.56 Å². The van der Waals surface area contributed by atoms with Gasteiger partial charge in [-0.1, -0.05) is 66.7 Å². The summed E-state index contributed by atoms with van der Waals surface area (Å²) in [4.78, 5) is 14.4. The minimum absolute atomic E-state index is 0.110. The molecule has 0 heterocycles. The van der Waals surface area contributed by atoms with E-state index in [0.717, 1.165) is 10.5 Å². The molecule has 7 heteroatoms. The number of nitrogens with one attached hydrogen (secondary N) is 2. The van der Waals surface area contributed by atoms with Crippen LogP contribution < -0.4 is 10.0 Å². The fourth-order valence-electron chi connectivity index (χ4n) is 3.18. The number of hydrogen-bond acceptors (Lipinski definition) is 4. The van der Waals surface area contributed by atoms with E-state index in [-0.39, 0.29) is 17.3 Å². The molecule has 0 bridgehead atoms. The fraction of sp³-hybridized carbons (Fsp3) is 0.240. The van der Waals surface area contributed by atoms with Crippen LogP contribution in [0.1, 0.15) is 37.1 Å². The van der Waals surface area contributed by atoms with Gasteiger partial charge in [0.15, 0.2) is 0 Å². The summed E-state index contributed by atoms with van der Waals surface area (Å²) in [5, 5.41) is 2.48. The van der Waals surface area contributed by atoms with Crippen LogP contribution in [0.5, 0.6) is 0 Å². The van der Waals surface area contributed by atoms with Crippen molar-refractivity contribution < 1.29 is 13.2 Å². The minimum Gasteiger partial charge on any atom is -0.351 e. The van der Waals surface area contributed by atoms with Gasteiger partial charge < -0.3 is 5.32 Å². The lowest BCUT2D eigenvalue weighted by Gasteiger charge is -2.22. The molecule has 0 aliphatic carbocycles. The third kappa shape index (κ3) is 6.69. The lowest BCUT2D eigenvalue weighted by molar-refractivity contribution is -0.120. The Balaban J connectivity index is 1.81. The highest BCUT2D eigenvalue weighted by Crippen LogP contribution is 2.35. The Labute approximate surface area is 194 Å². The van der Waals surface area contributed by atoms with Crippen molar-refractivity contribution in [3.8, 4) is 0 Å². The van der Waals surface area contributed by atoms with Gasteiger partial charge in [-0.05, 0) is 50.1 Å². The van der Waals surface area contributed by atoms with E-state index in [4.69, 9.17) is 0 Å². The lowest BCUT2D eigenvalue weighted by Crippen LogP contribution is -2.41. The van der Waals surface area contributed by atoms with Crippen LogP contribution >= 0.6 is 11.8 Å². The molecule has 3 rings (SSSR count). The molecule has 32 heavy (non-hydrogen) atoms. The van der Waals surface area contributed by atoms with Crippen LogP contribution in [0, 0.1) is 0 Å². The summed E-state index contributed by atoms with van der Waals surface area (Å²) in [6.45, 7) is 5.49. The molecule has 2 N–H and O–H groups in total. The van der Waals surface area contributed by atoms with Crippen LogP contribution in [0.25, 0.3) is 0 Å². The first-order valence-corrected chi connectivity index (χ1v) is 12.7. The third-order valence-corrected chi connectivity index (χ3v) is 7.62. The van der Waals surface area contributed by atoms with E-state index in [1.807, 2.05) is 60.7 Å². The fourth-order valence-corrected chi connectivity index (χ4v) is 5.91. The highest BCUT2D eigenvalue weighted by atomic mass is 32.2. The van der Waals surface area contributed by atoms with Gasteiger partial charge in [0.1, 0.15) is 5.25 Å². The van der Waals surface area contributed by atoms with Crippen molar-refractivity contribution in [2.24, 2.45) is 0 Å². The van der Waals surface area contributed by atoms with Crippen LogP contribution in [0.4, 0.5) is 0 Å². The first kappa shape index (κ1) is 24.0. The van der Waals surface area contributed by atoms with E-state index >= 15 is 0 Å². The van der Waals surface area contributed by atoms with Gasteiger partial charge in [0.25, 0.3) is 0 Å². The number of hydrogen-bond donors (Lipinski definition) is 2. The number of thioether (sulfide) groups is 1. The zero-order valence-corrected chi connectivity index (χ0v) is 20.0. The number of sulfonamides is 1. The summed E-state index contributed by atoms with van der Waals surface area (Å²) in [6, 6.07) is 26.0. The Morgan fingerprint density at radius 3 is 2.06 bits per heavy atom. The van der Waals surface area contributed by atoms with E-state index in [1.54, 1.807) is 45.0 Å². The molecular formula is C25H28N2O3S2. The van der Waals surface area contributed by atoms with Gasteiger partial charge in [-0.3, -0.25) is 4.79 Å². The highest BCUT2D eigenvalue weighted by molar-refractivity contribution is 8.00. The SMILES string of the molecule is CC(C)(C)NS(=O)(=O)c1ccccc1CNC(=O)C(Sc1ccccc1)c1ccccc1. The van der Waals surface area contributed by atoms with E-state index in [2.05, 4.69) is 10.0 Å². The maximum Gasteiger partial charge on any atom is 0.241 e. The average molecular weight is 469 g/mol. The second-order valence-electron chi connectivity index (χ2n) is 8.40. The predicted octanol–water partition coefficient (Wildman–Crippen LogP) is 4.91. The van der Waals surface area contributed by atoms with Crippen molar-refractivity contribution in [3.63, 3.8) is 0 Å². The number of carbonyl (C=O) groups excluding carboxylic acids is 1. The zero-order chi connectivity index (χ0) is 23.2. The van der Waals surface area contributed by atoms with Crippen molar-refractivity contribution in [2.75, 3.05) is 0 Å². The molecule has 0 fully saturated rings. The molecule has 3 aromatic rings. The Kier molecular flexibility index (Phi) is 7.77. The number of benzene rings is 3. The van der Waals surface area contributed by atoms with E-state index in [9.17, 15) is 13.2 Å². The molecule has 1 amide bonds. The smallest absolute Gasteiger partial charge is 0.241 e. The van der Waals surface area contributed by atoms with Crippen molar-refractivity contribution in [2.45, 2.75) is 47.9 Å². The van der Waals surface area contributed by atoms with Gasteiger partial charge in [-0.2, -0.15) is 0 Å². The van der Waals surface area contributed by atoms with Crippen molar-refractivity contribution >= 4 is 27.7 Å². The normalized spacial score (nSPS) is 12.8. The third-order valence-electron chi connectivity index (χ3n) is 4.49. The molecule has 1 unspecified atom stereocenters. The Hall–Kier alpha value is -2.61. The van der Waals surface area contributed by atoms with Crippen LogP contribution in [0.2, 0.25) is 0 Å². The molecule has 0 saturated heterocycles. The molecule has 5 nitrogen and oxygen atoms in total. The molecular weight excluding hydrogens is 440 g/mol. The zero-order valence-electron chi connectivity index (χ0n) is 18.4. The molecule has 0 spiro atoms. The molecule has 0 saturated carbocycles. The maximum absolute atomic E-state index is 13.2. The van der Waals surface area contributed by atoms with Crippen LogP contribution in [-0.2, 0) is 21.4 Å². The summed E-state index contributed by atoms with van der Waals surface area (Å²) in [7, 11) is -3.72. The molecule has 0 radical (unpaired) electrons. The highest BCUT2D eigenvalue weighted by Gasteiger charge is 2.26. The Bertz CT molecular complexity index is 1140. The number of rotatable bonds is 8. The van der Waals surface area contributed by atoms with Gasteiger partial charge in [-0.15, -0.1) is 11.8 Å². The second-order valence-corrected chi connectivity index (χ2v) is 11.2. The summed E-state index contributed by atoms with van der Waals surface area (Å²) in [5.41, 5.74) is 0.809. The summed E-state index contributed by atoms with van der Waals surface area (Å²) >= 11 is 1.46. The van der Waals surface area contributed by atoms with E-state index < -0.39 is 20.8 Å². The maximum atomic E-state index is 13.2. The quantitative estimate of drug-likeness (QED) is 0.461. The Morgan fingerprint density at radius 1 is 0.875 bits per heavy atom. The van der Waals surface area contributed by atoms with Crippen LogP contribution in [0.15, 0.2) is 94.7 Å². The summed E-state index contributed by atoms with van der Waals surface area (Å²) in [5.74, 6) is -0.180. The van der Waals surface area contributed by atoms with Crippen LogP contribution in [-0.4, -0.2) is 19.9 Å². The lowest BCUT2D eigenvalue weighted by atomic mass is 10.1. The summed E-state index contributed by atoms with van der Waals surface area (Å²) in [6.07, 6.45) is 0. The molecule has 0 aliphatic rings. The average Bonchev–Trinajstić information content (AvgIpc) is 2.76. The second kappa shape index (κ2) is 10.3. The monoisotopic (exact) mass is 468 g/mol. The van der Waals surface area contributed by atoms with Gasteiger partial charge >= 0.3 is 0 Å². The van der Waals surface area contributed by atoms with Gasteiger partial charge in [0.2, 0.25) is 15.9 Å². The predicted molar refractivity (Wildman–Crippen MR) is 130 cm³/mol. The first-order valence-electron chi connectivity index (χ1n) is 10.3. The molecule has 1 atom stereocenters. The van der Waals surface area contributed by atoms with Crippen molar-refractivity contribution in [1.29, 1.82) is 0 Å².